The second-order valence-electron chi connectivity index (χ2n) is 4.26. The Hall–Kier alpha value is -0.220. The quantitative estimate of drug-likeness (QED) is 0.601. The average Bonchev–Trinajstić information content (AvgIpc) is 2.48. The summed E-state index contributed by atoms with van der Waals surface area (Å²) in [6.45, 7) is 4.71. The molecule has 14 heavy (non-hydrogen) atoms. The van der Waals surface area contributed by atoms with E-state index >= 15 is 0 Å². The SMILES string of the molecule is CC(=O)N1CCCC2(C1)SCCN2C. The molecule has 1 atom stereocenters. The summed E-state index contributed by atoms with van der Waals surface area (Å²) < 4.78 is 0. The molecule has 2 heterocycles. The maximum absolute atomic E-state index is 11.3. The number of amides is 1. The summed E-state index contributed by atoms with van der Waals surface area (Å²) in [5.41, 5.74) is 0. The molecule has 4 heteroatoms. The number of nitrogens with zero attached hydrogens (tertiary/aromatic N) is 2. The number of rotatable bonds is 0. The third-order valence-electron chi connectivity index (χ3n) is 3.37. The molecule has 2 aliphatic rings. The normalized spacial score (nSPS) is 34.0. The minimum absolute atomic E-state index is 0.227. The number of thioether (sulfide) groups is 1. The van der Waals surface area contributed by atoms with Crippen molar-refractivity contribution in [2.24, 2.45) is 0 Å². The van der Waals surface area contributed by atoms with E-state index in [4.69, 9.17) is 0 Å². The first-order chi connectivity index (χ1) is 6.64. The molecular weight excluding hydrogens is 196 g/mol. The molecule has 0 saturated carbocycles. The molecule has 0 aliphatic carbocycles. The fourth-order valence-corrected chi connectivity index (χ4v) is 3.98. The lowest BCUT2D eigenvalue weighted by Gasteiger charge is -2.43. The van der Waals surface area contributed by atoms with Gasteiger partial charge in [0.1, 0.15) is 0 Å². The minimum Gasteiger partial charge on any atom is -0.340 e. The predicted octanol–water partition coefficient (Wildman–Crippen LogP) is 1.00. The van der Waals surface area contributed by atoms with Gasteiger partial charge in [-0.1, -0.05) is 0 Å². The zero-order valence-electron chi connectivity index (χ0n) is 8.95. The van der Waals surface area contributed by atoms with Gasteiger partial charge in [0.05, 0.1) is 4.87 Å². The van der Waals surface area contributed by atoms with Crippen molar-refractivity contribution in [3.8, 4) is 0 Å². The Morgan fingerprint density at radius 1 is 1.43 bits per heavy atom. The highest BCUT2D eigenvalue weighted by Crippen LogP contribution is 2.41. The second-order valence-corrected chi connectivity index (χ2v) is 5.72. The number of likely N-dealkylation sites (tertiary alicyclic amines) is 1. The standard InChI is InChI=1S/C10H18N2OS/c1-9(13)12-5-3-4-10(8-12)11(2)6-7-14-10/h3-8H2,1-2H3. The maximum atomic E-state index is 11.3. The monoisotopic (exact) mass is 214 g/mol. The van der Waals surface area contributed by atoms with Crippen LogP contribution in [-0.4, -0.2) is 53.0 Å². The molecule has 80 valence electrons. The van der Waals surface area contributed by atoms with Gasteiger partial charge >= 0.3 is 0 Å². The highest BCUT2D eigenvalue weighted by Gasteiger charge is 2.43. The third kappa shape index (κ3) is 1.65. The van der Waals surface area contributed by atoms with Crippen LogP contribution in [0.5, 0.6) is 0 Å². The predicted molar refractivity (Wildman–Crippen MR) is 59.3 cm³/mol. The molecule has 2 saturated heterocycles. The largest absolute Gasteiger partial charge is 0.340 e. The van der Waals surface area contributed by atoms with Crippen molar-refractivity contribution in [3.63, 3.8) is 0 Å². The number of hydrogen-bond acceptors (Lipinski definition) is 3. The van der Waals surface area contributed by atoms with E-state index in [1.54, 1.807) is 6.92 Å². The molecule has 0 radical (unpaired) electrons. The van der Waals surface area contributed by atoms with Crippen LogP contribution in [0.2, 0.25) is 0 Å². The van der Waals surface area contributed by atoms with E-state index in [1.807, 2.05) is 16.7 Å². The first-order valence-corrected chi connectivity index (χ1v) is 6.23. The number of hydrogen-bond donors (Lipinski definition) is 0. The van der Waals surface area contributed by atoms with E-state index in [9.17, 15) is 4.79 Å². The highest BCUT2D eigenvalue weighted by atomic mass is 32.2. The molecule has 0 N–H and O–H groups in total. The molecule has 2 fully saturated rings. The van der Waals surface area contributed by atoms with Crippen LogP contribution in [0.25, 0.3) is 0 Å². The highest BCUT2D eigenvalue weighted by molar-refractivity contribution is 8.00. The van der Waals surface area contributed by atoms with E-state index in [2.05, 4.69) is 11.9 Å². The van der Waals surface area contributed by atoms with Crippen molar-refractivity contribution in [1.29, 1.82) is 0 Å². The lowest BCUT2D eigenvalue weighted by Crippen LogP contribution is -2.53. The number of carbonyl (C=O) groups excluding carboxylic acids is 1. The molecule has 0 bridgehead atoms. The van der Waals surface area contributed by atoms with Crippen LogP contribution in [0.15, 0.2) is 0 Å². The summed E-state index contributed by atoms with van der Waals surface area (Å²) in [6.07, 6.45) is 2.38. The molecule has 2 rings (SSSR count). The minimum atomic E-state index is 0.227. The van der Waals surface area contributed by atoms with Crippen molar-refractivity contribution < 1.29 is 4.79 Å². The second kappa shape index (κ2) is 3.74. The molecule has 0 aromatic rings. The maximum Gasteiger partial charge on any atom is 0.219 e. The fraction of sp³-hybridized carbons (Fsp3) is 0.900. The lowest BCUT2D eigenvalue weighted by molar-refractivity contribution is -0.131. The molecular formula is C10H18N2OS. The van der Waals surface area contributed by atoms with E-state index in [1.165, 1.54) is 12.2 Å². The zero-order valence-corrected chi connectivity index (χ0v) is 9.77. The first-order valence-electron chi connectivity index (χ1n) is 5.25. The Kier molecular flexibility index (Phi) is 2.75. The molecule has 1 amide bonds. The van der Waals surface area contributed by atoms with Gasteiger partial charge in [-0.2, -0.15) is 0 Å². The number of piperidine rings is 1. The van der Waals surface area contributed by atoms with Gasteiger partial charge in [-0.3, -0.25) is 9.69 Å². The smallest absolute Gasteiger partial charge is 0.219 e. The van der Waals surface area contributed by atoms with Crippen LogP contribution in [0, 0.1) is 0 Å². The van der Waals surface area contributed by atoms with Crippen molar-refractivity contribution in [2.45, 2.75) is 24.6 Å². The van der Waals surface area contributed by atoms with Gasteiger partial charge in [0, 0.05) is 32.3 Å². The van der Waals surface area contributed by atoms with Crippen molar-refractivity contribution in [2.75, 3.05) is 32.4 Å². The molecule has 1 unspecified atom stereocenters. The van der Waals surface area contributed by atoms with Crippen molar-refractivity contribution >= 4 is 17.7 Å². The van der Waals surface area contributed by atoms with Crippen LogP contribution in [0.3, 0.4) is 0 Å². The van der Waals surface area contributed by atoms with Gasteiger partial charge in [-0.05, 0) is 19.9 Å². The molecule has 2 aliphatic heterocycles. The van der Waals surface area contributed by atoms with E-state index < -0.39 is 0 Å². The Morgan fingerprint density at radius 2 is 2.21 bits per heavy atom. The van der Waals surface area contributed by atoms with E-state index in [-0.39, 0.29) is 10.8 Å². The van der Waals surface area contributed by atoms with Crippen LogP contribution in [-0.2, 0) is 4.79 Å². The number of carbonyl (C=O) groups is 1. The summed E-state index contributed by atoms with van der Waals surface area (Å²) in [5, 5.41) is 0. The Morgan fingerprint density at radius 3 is 2.79 bits per heavy atom. The van der Waals surface area contributed by atoms with Gasteiger partial charge in [-0.25, -0.2) is 0 Å². The van der Waals surface area contributed by atoms with Crippen LogP contribution in [0.1, 0.15) is 19.8 Å². The fourth-order valence-electron chi connectivity index (χ4n) is 2.39. The van der Waals surface area contributed by atoms with E-state index in [0.717, 1.165) is 26.1 Å². The molecule has 1 spiro atoms. The summed E-state index contributed by atoms with van der Waals surface area (Å²) in [6, 6.07) is 0. The Balaban J connectivity index is 2.09. The molecule has 3 nitrogen and oxygen atoms in total. The lowest BCUT2D eigenvalue weighted by atomic mass is 10.0. The molecule has 0 aromatic heterocycles. The average molecular weight is 214 g/mol. The van der Waals surface area contributed by atoms with Gasteiger partial charge in [0.15, 0.2) is 0 Å². The summed E-state index contributed by atoms with van der Waals surface area (Å²) in [7, 11) is 2.18. The first kappa shape index (κ1) is 10.3. The Bertz CT molecular complexity index is 246. The van der Waals surface area contributed by atoms with Gasteiger partial charge < -0.3 is 4.90 Å². The van der Waals surface area contributed by atoms with Gasteiger partial charge in [-0.15, -0.1) is 11.8 Å². The summed E-state index contributed by atoms with van der Waals surface area (Å²) >= 11 is 2.03. The molecule has 0 aromatic carbocycles. The van der Waals surface area contributed by atoms with Gasteiger partial charge in [0.2, 0.25) is 5.91 Å². The van der Waals surface area contributed by atoms with Crippen molar-refractivity contribution in [3.05, 3.63) is 0 Å². The van der Waals surface area contributed by atoms with Crippen molar-refractivity contribution in [1.82, 2.24) is 9.80 Å². The summed E-state index contributed by atoms with van der Waals surface area (Å²) in [4.78, 5) is 16.0. The van der Waals surface area contributed by atoms with Crippen LogP contribution < -0.4 is 0 Å². The van der Waals surface area contributed by atoms with Crippen LogP contribution >= 0.6 is 11.8 Å². The number of likely N-dealkylation sites (N-methyl/N-ethyl adjacent to an activating group) is 1. The van der Waals surface area contributed by atoms with Gasteiger partial charge in [0.25, 0.3) is 0 Å². The van der Waals surface area contributed by atoms with Crippen LogP contribution in [0.4, 0.5) is 0 Å². The zero-order chi connectivity index (χ0) is 10.2. The third-order valence-corrected chi connectivity index (χ3v) is 4.94. The Labute approximate surface area is 89.8 Å². The van der Waals surface area contributed by atoms with E-state index in [0.29, 0.717) is 0 Å². The summed E-state index contributed by atoms with van der Waals surface area (Å²) in [5.74, 6) is 1.44. The topological polar surface area (TPSA) is 23.6 Å².